The Hall–Kier alpha value is -1.59. The average molecular weight is 272 g/mol. The highest BCUT2D eigenvalue weighted by atomic mass is 35.5. The molecule has 3 atom stereocenters. The molecule has 1 aromatic rings. The Kier molecular flexibility index (Phi) is 5.12. The van der Waals surface area contributed by atoms with E-state index < -0.39 is 29.4 Å². The molecular weight excluding hydrogens is 258 g/mol. The summed E-state index contributed by atoms with van der Waals surface area (Å²) in [5.41, 5.74) is 0.410. The predicted molar refractivity (Wildman–Crippen MR) is 66.3 cm³/mol. The Morgan fingerprint density at radius 1 is 1.28 bits per heavy atom. The summed E-state index contributed by atoms with van der Waals surface area (Å²) in [6.45, 7) is 1.42. The van der Waals surface area contributed by atoms with E-state index in [4.69, 9.17) is 16.7 Å². The summed E-state index contributed by atoms with van der Waals surface area (Å²) in [4.78, 5) is 22.4. The van der Waals surface area contributed by atoms with Crippen LogP contribution in [-0.2, 0) is 9.59 Å². The van der Waals surface area contributed by atoms with Crippen LogP contribution in [-0.4, -0.2) is 33.5 Å². The maximum Gasteiger partial charge on any atom is 0.329 e. The van der Waals surface area contributed by atoms with Crippen LogP contribution in [0.4, 0.5) is 0 Å². The normalized spacial score (nSPS) is 15.5. The molecule has 0 saturated heterocycles. The maximum atomic E-state index is 11.4. The molecule has 1 amide bonds. The van der Waals surface area contributed by atoms with Crippen molar-refractivity contribution < 1.29 is 19.8 Å². The van der Waals surface area contributed by atoms with E-state index in [9.17, 15) is 14.7 Å². The summed E-state index contributed by atoms with van der Waals surface area (Å²) < 4.78 is 0. The monoisotopic (exact) mass is 271 g/mol. The molecule has 18 heavy (non-hydrogen) atoms. The molecule has 0 radical (unpaired) electrons. The molecule has 98 valence electrons. The van der Waals surface area contributed by atoms with Crippen LogP contribution < -0.4 is 5.32 Å². The van der Waals surface area contributed by atoms with Crippen LogP contribution in [0.1, 0.15) is 18.6 Å². The number of aliphatic hydroxyl groups is 1. The van der Waals surface area contributed by atoms with Gasteiger partial charge in [-0.3, -0.25) is 4.79 Å². The van der Waals surface area contributed by atoms with Gasteiger partial charge in [0.15, 0.2) is 6.04 Å². The highest BCUT2D eigenvalue weighted by Crippen LogP contribution is 2.17. The number of benzene rings is 1. The number of halogens is 1. The molecule has 3 N–H and O–H groups in total. The van der Waals surface area contributed by atoms with Crippen LogP contribution >= 0.6 is 11.6 Å². The molecule has 0 aliphatic carbocycles. The minimum absolute atomic E-state index is 0.410. The summed E-state index contributed by atoms with van der Waals surface area (Å²) in [5, 5.41) is 20.3. The Morgan fingerprint density at radius 3 is 2.28 bits per heavy atom. The van der Waals surface area contributed by atoms with Crippen molar-refractivity contribution in [3.8, 4) is 0 Å². The Bertz CT molecular complexity index is 421. The number of carboxylic acids is 1. The van der Waals surface area contributed by atoms with Gasteiger partial charge in [-0.25, -0.2) is 4.79 Å². The molecule has 0 spiro atoms. The summed E-state index contributed by atoms with van der Waals surface area (Å²) in [6, 6.07) is 6.81. The minimum atomic E-state index is -1.43. The number of alkyl halides is 1. The molecule has 5 nitrogen and oxygen atoms in total. The highest BCUT2D eigenvalue weighted by Gasteiger charge is 2.30. The van der Waals surface area contributed by atoms with Gasteiger partial charge in [-0.2, -0.15) is 0 Å². The average Bonchev–Trinajstić information content (AvgIpc) is 2.35. The first-order valence-electron chi connectivity index (χ1n) is 5.33. The number of hydrogen-bond acceptors (Lipinski definition) is 3. The van der Waals surface area contributed by atoms with Crippen LogP contribution in [0, 0.1) is 0 Å². The van der Waals surface area contributed by atoms with Gasteiger partial charge in [0.1, 0.15) is 11.5 Å². The Morgan fingerprint density at radius 2 is 1.83 bits per heavy atom. The molecule has 0 heterocycles. The van der Waals surface area contributed by atoms with Crippen molar-refractivity contribution in [1.82, 2.24) is 5.32 Å². The number of hydrogen-bond donors (Lipinski definition) is 3. The van der Waals surface area contributed by atoms with Gasteiger partial charge in [-0.15, -0.1) is 11.6 Å². The number of aliphatic carboxylic acids is 1. The van der Waals surface area contributed by atoms with E-state index in [1.165, 1.54) is 6.92 Å². The molecule has 3 unspecified atom stereocenters. The van der Waals surface area contributed by atoms with Gasteiger partial charge in [-0.05, 0) is 12.5 Å². The number of carbonyl (C=O) groups excluding carboxylic acids is 1. The number of rotatable bonds is 5. The van der Waals surface area contributed by atoms with Gasteiger partial charge in [0.2, 0.25) is 5.91 Å². The third-order valence-electron chi connectivity index (χ3n) is 2.38. The lowest BCUT2D eigenvalue weighted by molar-refractivity contribution is -0.145. The SMILES string of the molecule is CC(Cl)C(=O)NC(C(=O)O)C(O)c1ccccc1. The lowest BCUT2D eigenvalue weighted by Crippen LogP contribution is -2.47. The zero-order chi connectivity index (χ0) is 13.7. The molecule has 0 aromatic heterocycles. The zero-order valence-corrected chi connectivity index (χ0v) is 10.5. The minimum Gasteiger partial charge on any atom is -0.480 e. The summed E-state index contributed by atoms with van der Waals surface area (Å²) in [6.07, 6.45) is -1.33. The molecule has 0 bridgehead atoms. The van der Waals surface area contributed by atoms with Gasteiger partial charge >= 0.3 is 5.97 Å². The van der Waals surface area contributed by atoms with Gasteiger partial charge < -0.3 is 15.5 Å². The largest absolute Gasteiger partial charge is 0.480 e. The second-order valence-corrected chi connectivity index (χ2v) is 4.45. The topological polar surface area (TPSA) is 86.6 Å². The van der Waals surface area contributed by atoms with Crippen molar-refractivity contribution >= 4 is 23.5 Å². The van der Waals surface area contributed by atoms with E-state index in [0.717, 1.165) is 0 Å². The smallest absolute Gasteiger partial charge is 0.329 e. The van der Waals surface area contributed by atoms with Crippen molar-refractivity contribution in [3.63, 3.8) is 0 Å². The summed E-state index contributed by atoms with van der Waals surface area (Å²) in [7, 11) is 0. The number of carbonyl (C=O) groups is 2. The third kappa shape index (κ3) is 3.72. The van der Waals surface area contributed by atoms with Gasteiger partial charge in [0, 0.05) is 0 Å². The molecule has 6 heteroatoms. The number of aliphatic hydroxyl groups excluding tert-OH is 1. The van der Waals surface area contributed by atoms with E-state index in [-0.39, 0.29) is 0 Å². The van der Waals surface area contributed by atoms with Gasteiger partial charge in [0.25, 0.3) is 0 Å². The van der Waals surface area contributed by atoms with Crippen molar-refractivity contribution in [2.45, 2.75) is 24.4 Å². The Labute approximate surface area is 109 Å². The predicted octanol–water partition coefficient (Wildman–Crippen LogP) is 0.917. The lowest BCUT2D eigenvalue weighted by Gasteiger charge is -2.21. The van der Waals surface area contributed by atoms with Crippen LogP contribution in [0.15, 0.2) is 30.3 Å². The first-order chi connectivity index (χ1) is 8.43. The van der Waals surface area contributed by atoms with Crippen LogP contribution in [0.2, 0.25) is 0 Å². The van der Waals surface area contributed by atoms with Gasteiger partial charge in [-0.1, -0.05) is 30.3 Å². The fourth-order valence-electron chi connectivity index (χ4n) is 1.39. The Balaban J connectivity index is 2.86. The molecule has 0 saturated carbocycles. The first kappa shape index (κ1) is 14.5. The van der Waals surface area contributed by atoms with E-state index in [1.807, 2.05) is 0 Å². The highest BCUT2D eigenvalue weighted by molar-refractivity contribution is 6.30. The fraction of sp³-hybridized carbons (Fsp3) is 0.333. The lowest BCUT2D eigenvalue weighted by atomic mass is 10.0. The molecule has 1 aromatic carbocycles. The second kappa shape index (κ2) is 6.37. The second-order valence-electron chi connectivity index (χ2n) is 3.80. The van der Waals surface area contributed by atoms with Gasteiger partial charge in [0.05, 0.1) is 0 Å². The summed E-state index contributed by atoms with van der Waals surface area (Å²) in [5.74, 6) is -1.96. The fourth-order valence-corrected chi connectivity index (χ4v) is 1.45. The molecule has 0 fully saturated rings. The van der Waals surface area contributed by atoms with Crippen molar-refractivity contribution in [3.05, 3.63) is 35.9 Å². The van der Waals surface area contributed by atoms with Crippen LogP contribution in [0.25, 0.3) is 0 Å². The molecule has 0 aliphatic heterocycles. The number of amides is 1. The van der Waals surface area contributed by atoms with E-state index in [1.54, 1.807) is 30.3 Å². The molecule has 1 rings (SSSR count). The summed E-state index contributed by atoms with van der Waals surface area (Å²) >= 11 is 5.54. The van der Waals surface area contributed by atoms with Crippen molar-refractivity contribution in [2.75, 3.05) is 0 Å². The quantitative estimate of drug-likeness (QED) is 0.695. The van der Waals surface area contributed by atoms with Crippen molar-refractivity contribution in [1.29, 1.82) is 0 Å². The van der Waals surface area contributed by atoms with E-state index in [0.29, 0.717) is 5.56 Å². The molecule has 0 aliphatic rings. The number of nitrogens with one attached hydrogen (secondary N) is 1. The molecular formula is C12H14ClNO4. The zero-order valence-electron chi connectivity index (χ0n) is 9.71. The van der Waals surface area contributed by atoms with Crippen LogP contribution in [0.5, 0.6) is 0 Å². The van der Waals surface area contributed by atoms with E-state index >= 15 is 0 Å². The standard InChI is InChI=1S/C12H14ClNO4/c1-7(13)11(16)14-9(12(17)18)10(15)8-5-3-2-4-6-8/h2-7,9-10,15H,1H3,(H,14,16)(H,17,18). The van der Waals surface area contributed by atoms with Crippen molar-refractivity contribution in [2.24, 2.45) is 0 Å². The first-order valence-corrected chi connectivity index (χ1v) is 5.77. The van der Waals surface area contributed by atoms with E-state index in [2.05, 4.69) is 5.32 Å². The van der Waals surface area contributed by atoms with Crippen LogP contribution in [0.3, 0.4) is 0 Å². The number of carboxylic acid groups (broad SMARTS) is 1. The third-order valence-corrected chi connectivity index (χ3v) is 2.58. The maximum absolute atomic E-state index is 11.4.